The van der Waals surface area contributed by atoms with Crippen LogP contribution in [-0.2, 0) is 9.59 Å². The van der Waals surface area contributed by atoms with E-state index in [1.807, 2.05) is 43.3 Å². The molecule has 5 nitrogen and oxygen atoms in total. The summed E-state index contributed by atoms with van der Waals surface area (Å²) >= 11 is 0. The number of ether oxygens (including phenoxy) is 2. The van der Waals surface area contributed by atoms with E-state index in [1.54, 1.807) is 25.2 Å². The Hall–Kier alpha value is -3.08. The van der Waals surface area contributed by atoms with Crippen molar-refractivity contribution in [1.29, 1.82) is 0 Å². The molecule has 0 saturated carbocycles. The zero-order valence-electron chi connectivity index (χ0n) is 17.0. The van der Waals surface area contributed by atoms with Gasteiger partial charge in [-0.05, 0) is 38.0 Å². The number of Topliss-reactive ketones (excluding diaryl/α,β-unsaturated/α-hetero) is 1. The Morgan fingerprint density at radius 1 is 0.966 bits per heavy atom. The smallest absolute Gasteiger partial charge is 0.232 e. The first-order chi connectivity index (χ1) is 14.0. The Balaban J connectivity index is 1.85. The van der Waals surface area contributed by atoms with E-state index < -0.39 is 0 Å². The van der Waals surface area contributed by atoms with Crippen molar-refractivity contribution < 1.29 is 19.1 Å². The number of allylic oxidation sites excluding steroid dienone is 2. The molecule has 0 fully saturated rings. The summed E-state index contributed by atoms with van der Waals surface area (Å²) in [5, 5.41) is 0. The highest BCUT2D eigenvalue weighted by Crippen LogP contribution is 2.46. The summed E-state index contributed by atoms with van der Waals surface area (Å²) in [6.07, 6.45) is 2.24. The van der Waals surface area contributed by atoms with Crippen molar-refractivity contribution in [1.82, 2.24) is 0 Å². The first-order valence-corrected chi connectivity index (χ1v) is 9.91. The second-order valence-electron chi connectivity index (χ2n) is 7.57. The number of carbonyl (C=O) groups excluding carboxylic acids is 2. The first-order valence-electron chi connectivity index (χ1n) is 9.91. The molecule has 4 rings (SSSR count). The summed E-state index contributed by atoms with van der Waals surface area (Å²) in [4.78, 5) is 28.0. The maximum atomic E-state index is 13.3. The van der Waals surface area contributed by atoms with Gasteiger partial charge < -0.3 is 9.47 Å². The largest absolute Gasteiger partial charge is 0.497 e. The van der Waals surface area contributed by atoms with Crippen molar-refractivity contribution in [2.45, 2.75) is 38.5 Å². The molecule has 2 aromatic carbocycles. The fourth-order valence-corrected chi connectivity index (χ4v) is 4.36. The topological polar surface area (TPSA) is 55.8 Å². The van der Waals surface area contributed by atoms with E-state index in [0.717, 1.165) is 40.9 Å². The van der Waals surface area contributed by atoms with Crippen LogP contribution in [0, 0.1) is 6.92 Å². The van der Waals surface area contributed by atoms with E-state index in [9.17, 15) is 9.59 Å². The molecule has 150 valence electrons. The molecule has 0 saturated heterocycles. The van der Waals surface area contributed by atoms with Crippen LogP contribution in [0.1, 0.15) is 42.7 Å². The molecule has 2 aliphatic rings. The first kappa shape index (κ1) is 19.2. The lowest BCUT2D eigenvalue weighted by Crippen LogP contribution is -2.40. The van der Waals surface area contributed by atoms with E-state index >= 15 is 0 Å². The van der Waals surface area contributed by atoms with Crippen molar-refractivity contribution in [3.05, 3.63) is 64.9 Å². The number of anilines is 1. The summed E-state index contributed by atoms with van der Waals surface area (Å²) in [6.45, 7) is 2.02. The zero-order valence-corrected chi connectivity index (χ0v) is 17.0. The predicted molar refractivity (Wildman–Crippen MR) is 111 cm³/mol. The van der Waals surface area contributed by atoms with Crippen LogP contribution in [0.5, 0.6) is 11.5 Å². The number of aryl methyl sites for hydroxylation is 1. The standard InChI is InChI=1S/C24H25NO4/c1-15-7-9-16(10-8-15)25-20-5-4-6-21(26)24(20)19(14-23(25)27)18-12-11-17(28-2)13-22(18)29-3/h7-13,19H,4-6,14H2,1-3H3. The third kappa shape index (κ3) is 3.41. The van der Waals surface area contributed by atoms with Gasteiger partial charge in [0.05, 0.1) is 14.2 Å². The molecular formula is C24H25NO4. The molecule has 0 aromatic heterocycles. The van der Waals surface area contributed by atoms with Gasteiger partial charge in [-0.2, -0.15) is 0 Å². The summed E-state index contributed by atoms with van der Waals surface area (Å²) in [5.74, 6) is 1.14. The molecule has 1 aliphatic heterocycles. The molecule has 1 unspecified atom stereocenters. The molecule has 0 N–H and O–H groups in total. The predicted octanol–water partition coefficient (Wildman–Crippen LogP) is 4.54. The molecule has 5 heteroatoms. The van der Waals surface area contributed by atoms with Crippen molar-refractivity contribution >= 4 is 17.4 Å². The van der Waals surface area contributed by atoms with Gasteiger partial charge in [-0.15, -0.1) is 0 Å². The Labute approximate surface area is 170 Å². The number of methoxy groups -OCH3 is 2. The van der Waals surface area contributed by atoms with Gasteiger partial charge in [0.15, 0.2) is 5.78 Å². The second kappa shape index (κ2) is 7.74. The number of ketones is 1. The Bertz CT molecular complexity index is 990. The lowest BCUT2D eigenvalue weighted by molar-refractivity contribution is -0.119. The van der Waals surface area contributed by atoms with Gasteiger partial charge in [0.1, 0.15) is 11.5 Å². The van der Waals surface area contributed by atoms with Gasteiger partial charge in [0, 0.05) is 47.3 Å². The molecular weight excluding hydrogens is 366 g/mol. The molecule has 0 spiro atoms. The SMILES string of the molecule is COc1ccc(C2CC(=O)N(c3ccc(C)cc3)C3=C2C(=O)CCC3)c(OC)c1. The average molecular weight is 391 g/mol. The molecule has 1 aliphatic carbocycles. The van der Waals surface area contributed by atoms with Crippen LogP contribution < -0.4 is 14.4 Å². The van der Waals surface area contributed by atoms with Crippen LogP contribution in [0.25, 0.3) is 0 Å². The highest BCUT2D eigenvalue weighted by atomic mass is 16.5. The van der Waals surface area contributed by atoms with Crippen molar-refractivity contribution in [2.75, 3.05) is 19.1 Å². The monoisotopic (exact) mass is 391 g/mol. The van der Waals surface area contributed by atoms with Gasteiger partial charge in [-0.25, -0.2) is 0 Å². The van der Waals surface area contributed by atoms with E-state index in [-0.39, 0.29) is 24.0 Å². The normalized spacial score (nSPS) is 19.3. The van der Waals surface area contributed by atoms with Gasteiger partial charge >= 0.3 is 0 Å². The maximum Gasteiger partial charge on any atom is 0.232 e. The summed E-state index contributed by atoms with van der Waals surface area (Å²) in [5.41, 5.74) is 4.40. The number of amides is 1. The zero-order chi connectivity index (χ0) is 20.5. The molecule has 1 heterocycles. The minimum atomic E-state index is -0.298. The van der Waals surface area contributed by atoms with E-state index in [4.69, 9.17) is 9.47 Å². The van der Waals surface area contributed by atoms with Gasteiger partial charge in [0.25, 0.3) is 0 Å². The highest BCUT2D eigenvalue weighted by molar-refractivity contribution is 6.07. The number of rotatable bonds is 4. The third-order valence-electron chi connectivity index (χ3n) is 5.78. The van der Waals surface area contributed by atoms with E-state index in [2.05, 4.69) is 0 Å². The van der Waals surface area contributed by atoms with Crippen LogP contribution in [0.4, 0.5) is 5.69 Å². The van der Waals surface area contributed by atoms with Gasteiger partial charge in [-0.1, -0.05) is 23.8 Å². The summed E-state index contributed by atoms with van der Waals surface area (Å²) in [7, 11) is 3.20. The maximum absolute atomic E-state index is 13.3. The van der Waals surface area contributed by atoms with Crippen LogP contribution in [-0.4, -0.2) is 25.9 Å². The van der Waals surface area contributed by atoms with E-state index in [0.29, 0.717) is 17.9 Å². The molecule has 1 amide bonds. The molecule has 0 bridgehead atoms. The Morgan fingerprint density at radius 3 is 2.41 bits per heavy atom. The van der Waals surface area contributed by atoms with Crippen molar-refractivity contribution in [3.63, 3.8) is 0 Å². The molecule has 29 heavy (non-hydrogen) atoms. The molecule has 0 radical (unpaired) electrons. The lowest BCUT2D eigenvalue weighted by atomic mass is 9.76. The minimum absolute atomic E-state index is 0.00479. The van der Waals surface area contributed by atoms with Gasteiger partial charge in [0.2, 0.25) is 5.91 Å². The fraction of sp³-hybridized carbons (Fsp3) is 0.333. The number of hydrogen-bond acceptors (Lipinski definition) is 4. The Morgan fingerprint density at radius 2 is 1.72 bits per heavy atom. The lowest BCUT2D eigenvalue weighted by Gasteiger charge is -2.38. The van der Waals surface area contributed by atoms with Crippen LogP contribution in [0.2, 0.25) is 0 Å². The number of benzene rings is 2. The van der Waals surface area contributed by atoms with Crippen molar-refractivity contribution in [2.24, 2.45) is 0 Å². The molecule has 1 atom stereocenters. The minimum Gasteiger partial charge on any atom is -0.497 e. The highest BCUT2D eigenvalue weighted by Gasteiger charge is 2.40. The second-order valence-corrected chi connectivity index (χ2v) is 7.57. The summed E-state index contributed by atoms with van der Waals surface area (Å²) in [6, 6.07) is 13.4. The van der Waals surface area contributed by atoms with Crippen molar-refractivity contribution in [3.8, 4) is 11.5 Å². The van der Waals surface area contributed by atoms with Crippen LogP contribution in [0.3, 0.4) is 0 Å². The molecule has 2 aromatic rings. The van der Waals surface area contributed by atoms with Crippen LogP contribution >= 0.6 is 0 Å². The Kier molecular flexibility index (Phi) is 5.14. The van der Waals surface area contributed by atoms with Gasteiger partial charge in [-0.3, -0.25) is 14.5 Å². The fourth-order valence-electron chi connectivity index (χ4n) is 4.36. The third-order valence-corrected chi connectivity index (χ3v) is 5.78. The summed E-state index contributed by atoms with van der Waals surface area (Å²) < 4.78 is 10.9. The van der Waals surface area contributed by atoms with Crippen LogP contribution in [0.15, 0.2) is 53.7 Å². The van der Waals surface area contributed by atoms with E-state index in [1.165, 1.54) is 0 Å². The number of nitrogens with zero attached hydrogens (tertiary/aromatic N) is 1. The average Bonchev–Trinajstić information content (AvgIpc) is 2.73. The quantitative estimate of drug-likeness (QED) is 0.768. The number of hydrogen-bond donors (Lipinski definition) is 0. The number of carbonyl (C=O) groups is 2.